The summed E-state index contributed by atoms with van der Waals surface area (Å²) in [6, 6.07) is 16.9. The van der Waals surface area contributed by atoms with Crippen molar-refractivity contribution in [1.82, 2.24) is 9.13 Å². The van der Waals surface area contributed by atoms with E-state index in [2.05, 4.69) is 9.44 Å². The van der Waals surface area contributed by atoms with Crippen LogP contribution >= 0.6 is 22.7 Å². The van der Waals surface area contributed by atoms with E-state index in [9.17, 15) is 41.1 Å². The Morgan fingerprint density at radius 1 is 0.656 bits per heavy atom. The van der Waals surface area contributed by atoms with E-state index in [0.29, 0.717) is 44.8 Å². The minimum absolute atomic E-state index is 0. The molecule has 0 saturated carbocycles. The van der Waals surface area contributed by atoms with Gasteiger partial charge in [-0.25, -0.2) is 26.4 Å². The fourth-order valence-corrected chi connectivity index (χ4v) is 9.22. The number of sulfonamides is 2. The molecule has 17 nitrogen and oxygen atoms in total. The monoisotopic (exact) mass is 968 g/mol. The smallest absolute Gasteiger partial charge is 0.870 e. The number of thiophene rings is 2. The molecule has 4 N–H and O–H groups in total. The van der Waals surface area contributed by atoms with Gasteiger partial charge < -0.3 is 24.8 Å². The molecule has 6 rings (SSSR count). The zero-order valence-electron chi connectivity index (χ0n) is 36.2. The summed E-state index contributed by atoms with van der Waals surface area (Å²) in [5.41, 5.74) is 2.68. The van der Waals surface area contributed by atoms with E-state index in [1.165, 1.54) is 27.2 Å². The predicted molar refractivity (Wildman–Crippen MR) is 246 cm³/mol. The second-order valence-corrected chi connectivity index (χ2v) is 19.4. The average Bonchev–Trinajstić information content (AvgIpc) is 3.89. The molecule has 0 bridgehead atoms. The molecule has 0 aliphatic carbocycles. The number of pyridine rings is 2. The van der Waals surface area contributed by atoms with Gasteiger partial charge in [0.15, 0.2) is 0 Å². The topological polar surface area (TPSA) is 248 Å². The third kappa shape index (κ3) is 13.9. The minimum atomic E-state index is -3.38. The van der Waals surface area contributed by atoms with Crippen LogP contribution in [-0.4, -0.2) is 80.8 Å². The molecular formula is C42H49N4NaO13S4. The van der Waals surface area contributed by atoms with Gasteiger partial charge in [-0.2, -0.15) is 0 Å². The second-order valence-electron chi connectivity index (χ2n) is 14.0. The Kier molecular flexibility index (Phi) is 20.1. The molecule has 0 aliphatic rings. The summed E-state index contributed by atoms with van der Waals surface area (Å²) < 4.78 is 71.1. The molecule has 0 saturated heterocycles. The first-order valence-corrected chi connectivity index (χ1v) is 25.1. The number of carbonyl (C=O) groups is 2. The maximum Gasteiger partial charge on any atom is 1.00 e. The number of rotatable bonds is 19. The van der Waals surface area contributed by atoms with Gasteiger partial charge in [0.25, 0.3) is 11.1 Å². The molecule has 64 heavy (non-hydrogen) atoms. The standard InChI is InChI=1S/C22H26N2O6S2.C20H22N2O6S2.Na.H2O/c1-4-6-12-30-19-18(22(26)29-5-2)20-17(11-13-31-20)24(21(19)25)14-15-7-9-16(10-8-15)23-32(3,27)28;1-3-4-10-28-17-16(20(24)25)18-15(9-11-29-18)22(19(17)23)12-13-5-7-14(8-6-13)21-30(2,26)27;;/h7-11,13,23H,4-6,12,14H2,1-3H3;5-9,11,21H,3-4,10,12H2,1-2H3,(H,24,25);;1H2/q;;+1;/p-1. The van der Waals surface area contributed by atoms with Crippen LogP contribution in [0.15, 0.2) is 81.0 Å². The van der Waals surface area contributed by atoms with Gasteiger partial charge in [0, 0.05) is 11.4 Å². The van der Waals surface area contributed by atoms with Gasteiger partial charge in [-0.1, -0.05) is 51.0 Å². The molecule has 22 heteroatoms. The Balaban J connectivity index is 0.000000331. The first-order chi connectivity index (χ1) is 29.5. The number of carbonyl (C=O) groups excluding carboxylic acids is 1. The van der Waals surface area contributed by atoms with Gasteiger partial charge in [-0.3, -0.25) is 28.2 Å². The second kappa shape index (κ2) is 24.0. The number of fused-ring (bicyclic) bond motifs is 2. The van der Waals surface area contributed by atoms with Crippen LogP contribution in [0.3, 0.4) is 0 Å². The van der Waals surface area contributed by atoms with Gasteiger partial charge in [0.1, 0.15) is 11.1 Å². The summed E-state index contributed by atoms with van der Waals surface area (Å²) in [7, 11) is -6.76. The quantitative estimate of drug-likeness (QED) is 0.0590. The van der Waals surface area contributed by atoms with Crippen molar-refractivity contribution in [2.75, 3.05) is 41.8 Å². The fourth-order valence-electron chi connectivity index (χ4n) is 6.24. The number of aromatic carboxylic acids is 1. The molecule has 340 valence electrons. The van der Waals surface area contributed by atoms with Crippen LogP contribution in [0.4, 0.5) is 11.4 Å². The maximum atomic E-state index is 13.4. The summed E-state index contributed by atoms with van der Waals surface area (Å²) in [5.74, 6) is -1.93. The van der Waals surface area contributed by atoms with Gasteiger partial charge in [0.2, 0.25) is 31.5 Å². The summed E-state index contributed by atoms with van der Waals surface area (Å²) in [4.78, 5) is 51.1. The number of hydrogen-bond acceptors (Lipinski definition) is 14. The molecule has 0 amide bonds. The SMILES string of the molecule is CCCCOc1c(C(=O)O)c2sccc2n(Cc2ccc(NS(C)(=O)=O)cc2)c1=O.CCCCOc1c(C(=O)OCC)c2sccc2n(Cc2ccc(NS(C)(=O)=O)cc2)c1=O.[Na+].[OH-]. The number of unbranched alkanes of at least 4 members (excludes halogenated alkanes) is 2. The van der Waals surface area contributed by atoms with Crippen LogP contribution < -0.4 is 59.6 Å². The fraction of sp³-hybridized carbons (Fsp3) is 0.333. The number of carboxylic acids is 1. The number of benzene rings is 2. The van der Waals surface area contributed by atoms with Crippen molar-refractivity contribution in [2.24, 2.45) is 0 Å². The first-order valence-electron chi connectivity index (χ1n) is 19.5. The summed E-state index contributed by atoms with van der Waals surface area (Å²) in [6.07, 6.45) is 5.34. The number of nitrogens with one attached hydrogen (secondary N) is 2. The molecular weight excluding hydrogens is 920 g/mol. The third-order valence-electron chi connectivity index (χ3n) is 9.04. The van der Waals surface area contributed by atoms with E-state index < -0.39 is 43.1 Å². The summed E-state index contributed by atoms with van der Waals surface area (Å²) in [6.45, 7) is 6.90. The van der Waals surface area contributed by atoms with Crippen LogP contribution in [0.1, 0.15) is 78.3 Å². The van der Waals surface area contributed by atoms with Crippen LogP contribution in [0.25, 0.3) is 20.4 Å². The van der Waals surface area contributed by atoms with E-state index in [-0.39, 0.29) is 84.0 Å². The van der Waals surface area contributed by atoms with E-state index in [0.717, 1.165) is 42.9 Å². The Bertz CT molecular complexity index is 2890. The zero-order valence-corrected chi connectivity index (χ0v) is 41.5. The van der Waals surface area contributed by atoms with E-state index in [1.807, 2.05) is 19.2 Å². The molecule has 0 spiro atoms. The van der Waals surface area contributed by atoms with Gasteiger partial charge in [-0.05, 0) is 78.1 Å². The van der Waals surface area contributed by atoms with Crippen molar-refractivity contribution in [3.8, 4) is 11.5 Å². The van der Waals surface area contributed by atoms with Crippen LogP contribution in [-0.2, 0) is 37.9 Å². The number of aromatic nitrogens is 2. The minimum Gasteiger partial charge on any atom is -0.870 e. The van der Waals surface area contributed by atoms with Crippen molar-refractivity contribution in [1.29, 1.82) is 0 Å². The Hall–Kier alpha value is -4.74. The van der Waals surface area contributed by atoms with Gasteiger partial charge in [0.05, 0.1) is 65.9 Å². The molecule has 2 aromatic carbocycles. The Morgan fingerprint density at radius 3 is 1.41 bits per heavy atom. The van der Waals surface area contributed by atoms with E-state index in [1.54, 1.807) is 77.5 Å². The zero-order chi connectivity index (χ0) is 45.2. The summed E-state index contributed by atoms with van der Waals surface area (Å²) >= 11 is 2.59. The molecule has 0 fully saturated rings. The van der Waals surface area contributed by atoms with Crippen LogP contribution in [0, 0.1) is 0 Å². The number of hydrogen-bond donors (Lipinski definition) is 3. The van der Waals surface area contributed by atoms with Crippen molar-refractivity contribution < 1.29 is 80.8 Å². The Labute approximate surface area is 400 Å². The molecule has 4 heterocycles. The Morgan fingerprint density at radius 2 is 1.05 bits per heavy atom. The van der Waals surface area contributed by atoms with Crippen LogP contribution in [0.5, 0.6) is 11.5 Å². The van der Waals surface area contributed by atoms with Crippen molar-refractivity contribution in [3.05, 3.63) is 114 Å². The number of anilines is 2. The average molecular weight is 969 g/mol. The normalized spacial score (nSPS) is 11.1. The molecule has 0 unspecified atom stereocenters. The predicted octanol–water partition coefficient (Wildman–Crippen LogP) is 4.03. The van der Waals surface area contributed by atoms with Gasteiger partial charge >= 0.3 is 41.5 Å². The van der Waals surface area contributed by atoms with Crippen molar-refractivity contribution >= 4 is 86.5 Å². The molecule has 4 aromatic heterocycles. The van der Waals surface area contributed by atoms with E-state index >= 15 is 0 Å². The number of nitrogens with zero attached hydrogens (tertiary/aromatic N) is 2. The number of ether oxygens (including phenoxy) is 3. The van der Waals surface area contributed by atoms with Crippen LogP contribution in [0.2, 0.25) is 0 Å². The van der Waals surface area contributed by atoms with E-state index in [4.69, 9.17) is 14.2 Å². The first kappa shape index (κ1) is 53.6. The molecule has 0 aliphatic heterocycles. The number of esters is 1. The molecule has 0 atom stereocenters. The number of carboxylic acid groups (broad SMARTS) is 1. The molecule has 6 aromatic rings. The van der Waals surface area contributed by atoms with Crippen molar-refractivity contribution in [3.63, 3.8) is 0 Å². The van der Waals surface area contributed by atoms with Crippen molar-refractivity contribution in [2.45, 2.75) is 59.5 Å². The summed E-state index contributed by atoms with van der Waals surface area (Å²) in [5, 5.41) is 13.2. The largest absolute Gasteiger partial charge is 1.00 e. The molecule has 0 radical (unpaired) electrons. The van der Waals surface area contributed by atoms with Gasteiger partial charge in [-0.15, -0.1) is 22.7 Å². The third-order valence-corrected chi connectivity index (χ3v) is 12.1. The maximum absolute atomic E-state index is 13.4.